The van der Waals surface area contributed by atoms with Gasteiger partial charge in [0.15, 0.2) is 0 Å². The van der Waals surface area contributed by atoms with E-state index in [0.717, 1.165) is 5.82 Å². The van der Waals surface area contributed by atoms with Crippen LogP contribution < -0.4 is 15.4 Å². The standard InChI is InChI=1S/C16H25N3O2/c17-14-7-8-15(18-16(14)21-11-12-5-6-12)19(9-10-20)13-3-1-2-4-13/h7-8,12-13,20H,1-6,9-11,17H2. The van der Waals surface area contributed by atoms with Crippen LogP contribution in [0.1, 0.15) is 38.5 Å². The zero-order valence-electron chi connectivity index (χ0n) is 12.5. The Morgan fingerprint density at radius 1 is 1.24 bits per heavy atom. The van der Waals surface area contributed by atoms with E-state index in [4.69, 9.17) is 10.5 Å². The molecule has 0 aromatic carbocycles. The summed E-state index contributed by atoms with van der Waals surface area (Å²) in [6.07, 6.45) is 7.35. The van der Waals surface area contributed by atoms with Crippen LogP contribution in [0.15, 0.2) is 12.1 Å². The molecule has 1 aromatic heterocycles. The molecule has 0 saturated heterocycles. The first-order valence-corrected chi connectivity index (χ1v) is 8.04. The molecule has 3 N–H and O–H groups in total. The Balaban J connectivity index is 1.75. The van der Waals surface area contributed by atoms with Gasteiger partial charge in [0.25, 0.3) is 0 Å². The molecule has 21 heavy (non-hydrogen) atoms. The molecule has 0 atom stereocenters. The molecular weight excluding hydrogens is 266 g/mol. The summed E-state index contributed by atoms with van der Waals surface area (Å²) in [5.41, 5.74) is 6.56. The van der Waals surface area contributed by atoms with Crippen molar-refractivity contribution >= 4 is 11.5 Å². The molecule has 2 aliphatic carbocycles. The molecule has 2 aliphatic rings. The van der Waals surface area contributed by atoms with E-state index in [9.17, 15) is 5.11 Å². The highest BCUT2D eigenvalue weighted by atomic mass is 16.5. The number of hydrogen-bond acceptors (Lipinski definition) is 5. The highest BCUT2D eigenvalue weighted by Gasteiger charge is 2.25. The molecule has 3 rings (SSSR count). The molecule has 1 aromatic rings. The van der Waals surface area contributed by atoms with Gasteiger partial charge < -0.3 is 20.5 Å². The van der Waals surface area contributed by atoms with E-state index in [0.29, 0.717) is 36.7 Å². The Labute approximate surface area is 126 Å². The van der Waals surface area contributed by atoms with Crippen LogP contribution >= 0.6 is 0 Å². The van der Waals surface area contributed by atoms with E-state index in [1.807, 2.05) is 12.1 Å². The predicted octanol–water partition coefficient (Wildman–Crippen LogP) is 2.19. The molecule has 0 spiro atoms. The zero-order valence-corrected chi connectivity index (χ0v) is 12.5. The van der Waals surface area contributed by atoms with Gasteiger partial charge in [0.2, 0.25) is 5.88 Å². The van der Waals surface area contributed by atoms with E-state index in [1.54, 1.807) is 0 Å². The third-order valence-electron chi connectivity index (χ3n) is 4.43. The van der Waals surface area contributed by atoms with Crippen molar-refractivity contribution in [3.63, 3.8) is 0 Å². The first-order chi connectivity index (χ1) is 10.3. The van der Waals surface area contributed by atoms with Gasteiger partial charge in [-0.05, 0) is 43.7 Å². The largest absolute Gasteiger partial charge is 0.476 e. The summed E-state index contributed by atoms with van der Waals surface area (Å²) in [7, 11) is 0. The normalized spacial score (nSPS) is 18.9. The van der Waals surface area contributed by atoms with Gasteiger partial charge in [0, 0.05) is 12.6 Å². The highest BCUT2D eigenvalue weighted by molar-refractivity contribution is 5.55. The van der Waals surface area contributed by atoms with E-state index in [1.165, 1.54) is 38.5 Å². The molecule has 116 valence electrons. The van der Waals surface area contributed by atoms with E-state index >= 15 is 0 Å². The van der Waals surface area contributed by atoms with Gasteiger partial charge in [0.05, 0.1) is 18.9 Å². The number of rotatable bonds is 7. The van der Waals surface area contributed by atoms with Crippen LogP contribution in [0.3, 0.4) is 0 Å². The van der Waals surface area contributed by atoms with Crippen LogP contribution in [-0.4, -0.2) is 35.9 Å². The van der Waals surface area contributed by atoms with E-state index in [2.05, 4.69) is 9.88 Å². The number of nitrogen functional groups attached to an aromatic ring is 1. The molecule has 2 fully saturated rings. The van der Waals surface area contributed by atoms with Crippen LogP contribution in [0, 0.1) is 5.92 Å². The van der Waals surface area contributed by atoms with Crippen molar-refractivity contribution < 1.29 is 9.84 Å². The molecule has 2 saturated carbocycles. The lowest BCUT2D eigenvalue weighted by molar-refractivity contribution is 0.287. The maximum absolute atomic E-state index is 9.34. The average molecular weight is 291 g/mol. The second-order valence-electron chi connectivity index (χ2n) is 6.17. The summed E-state index contributed by atoms with van der Waals surface area (Å²) >= 11 is 0. The number of pyridine rings is 1. The molecule has 0 bridgehead atoms. The van der Waals surface area contributed by atoms with Gasteiger partial charge in [-0.25, -0.2) is 0 Å². The molecule has 0 radical (unpaired) electrons. The van der Waals surface area contributed by atoms with Gasteiger partial charge in [-0.3, -0.25) is 0 Å². The molecule has 0 amide bonds. The lowest BCUT2D eigenvalue weighted by Gasteiger charge is -2.29. The maximum Gasteiger partial charge on any atom is 0.239 e. The number of ether oxygens (including phenoxy) is 1. The minimum atomic E-state index is 0.140. The number of aliphatic hydroxyl groups is 1. The third kappa shape index (κ3) is 3.59. The summed E-state index contributed by atoms with van der Waals surface area (Å²) < 4.78 is 5.77. The van der Waals surface area contributed by atoms with Crippen LogP contribution in [0.25, 0.3) is 0 Å². The molecule has 0 aliphatic heterocycles. The van der Waals surface area contributed by atoms with Gasteiger partial charge in [-0.1, -0.05) is 12.8 Å². The second kappa shape index (κ2) is 6.52. The van der Waals surface area contributed by atoms with Crippen molar-refractivity contribution in [3.05, 3.63) is 12.1 Å². The van der Waals surface area contributed by atoms with Crippen molar-refractivity contribution in [1.82, 2.24) is 4.98 Å². The van der Waals surface area contributed by atoms with Crippen molar-refractivity contribution in [3.8, 4) is 5.88 Å². The lowest BCUT2D eigenvalue weighted by atomic mass is 10.2. The summed E-state index contributed by atoms with van der Waals surface area (Å²) in [6, 6.07) is 4.28. The Kier molecular flexibility index (Phi) is 4.48. The van der Waals surface area contributed by atoms with Crippen molar-refractivity contribution in [2.75, 3.05) is 30.4 Å². The van der Waals surface area contributed by atoms with Gasteiger partial charge in [0.1, 0.15) is 5.82 Å². The lowest BCUT2D eigenvalue weighted by Crippen LogP contribution is -2.36. The molecule has 5 heteroatoms. The monoisotopic (exact) mass is 291 g/mol. The number of aromatic nitrogens is 1. The van der Waals surface area contributed by atoms with Crippen LogP contribution in [-0.2, 0) is 0 Å². The second-order valence-corrected chi connectivity index (χ2v) is 6.17. The van der Waals surface area contributed by atoms with Crippen LogP contribution in [0.5, 0.6) is 5.88 Å². The van der Waals surface area contributed by atoms with Crippen molar-refractivity contribution in [2.24, 2.45) is 5.92 Å². The Bertz CT molecular complexity index is 471. The topological polar surface area (TPSA) is 71.6 Å². The highest BCUT2D eigenvalue weighted by Crippen LogP contribution is 2.32. The van der Waals surface area contributed by atoms with Gasteiger partial charge in [-0.2, -0.15) is 4.98 Å². The Morgan fingerprint density at radius 3 is 2.67 bits per heavy atom. The number of nitrogens with zero attached hydrogens (tertiary/aromatic N) is 2. The number of nitrogens with two attached hydrogens (primary N) is 1. The quantitative estimate of drug-likeness (QED) is 0.806. The first-order valence-electron chi connectivity index (χ1n) is 8.04. The Morgan fingerprint density at radius 2 is 2.00 bits per heavy atom. The summed E-state index contributed by atoms with van der Waals surface area (Å²) in [5, 5.41) is 9.34. The van der Waals surface area contributed by atoms with E-state index < -0.39 is 0 Å². The smallest absolute Gasteiger partial charge is 0.239 e. The molecule has 0 unspecified atom stereocenters. The minimum absolute atomic E-state index is 0.140. The zero-order chi connectivity index (χ0) is 14.7. The first kappa shape index (κ1) is 14.4. The average Bonchev–Trinajstić information content (AvgIpc) is 3.17. The predicted molar refractivity (Wildman–Crippen MR) is 83.6 cm³/mol. The minimum Gasteiger partial charge on any atom is -0.476 e. The van der Waals surface area contributed by atoms with Crippen LogP contribution in [0.4, 0.5) is 11.5 Å². The van der Waals surface area contributed by atoms with Crippen molar-refractivity contribution in [1.29, 1.82) is 0 Å². The Hall–Kier alpha value is -1.49. The SMILES string of the molecule is Nc1ccc(N(CCO)C2CCCC2)nc1OCC1CC1. The fourth-order valence-electron chi connectivity index (χ4n) is 3.01. The van der Waals surface area contributed by atoms with E-state index in [-0.39, 0.29) is 6.61 Å². The number of anilines is 2. The van der Waals surface area contributed by atoms with Gasteiger partial charge >= 0.3 is 0 Å². The van der Waals surface area contributed by atoms with Crippen LogP contribution in [0.2, 0.25) is 0 Å². The number of aliphatic hydroxyl groups excluding tert-OH is 1. The summed E-state index contributed by atoms with van der Waals surface area (Å²) in [5.74, 6) is 2.09. The van der Waals surface area contributed by atoms with Crippen molar-refractivity contribution in [2.45, 2.75) is 44.6 Å². The summed E-state index contributed by atoms with van der Waals surface area (Å²) in [6.45, 7) is 1.47. The maximum atomic E-state index is 9.34. The summed E-state index contributed by atoms with van der Waals surface area (Å²) in [4.78, 5) is 6.81. The fourth-order valence-corrected chi connectivity index (χ4v) is 3.01. The fraction of sp³-hybridized carbons (Fsp3) is 0.688. The molecular formula is C16H25N3O2. The molecule has 5 nitrogen and oxygen atoms in total. The third-order valence-corrected chi connectivity index (χ3v) is 4.43. The number of hydrogen-bond donors (Lipinski definition) is 2. The molecule has 1 heterocycles. The van der Waals surface area contributed by atoms with Gasteiger partial charge in [-0.15, -0.1) is 0 Å².